The number of ether oxygens (including phenoxy) is 3. The number of benzene rings is 2. The van der Waals surface area contributed by atoms with Gasteiger partial charge in [0.05, 0.1) is 12.1 Å². The summed E-state index contributed by atoms with van der Waals surface area (Å²) in [4.78, 5) is 12.5. The third-order valence-electron chi connectivity index (χ3n) is 4.45. The second-order valence-electron chi connectivity index (χ2n) is 7.26. The van der Waals surface area contributed by atoms with E-state index in [0.717, 1.165) is 5.01 Å². The molecule has 0 aliphatic carbocycles. The van der Waals surface area contributed by atoms with Crippen LogP contribution in [0.2, 0.25) is 5.02 Å². The third-order valence-corrected chi connectivity index (χ3v) is 5.91. The number of hydrogen-bond acceptors (Lipinski definition) is 8. The maximum absolute atomic E-state index is 12.5. The van der Waals surface area contributed by atoms with Crippen molar-refractivity contribution >= 4 is 40.1 Å². The Morgan fingerprint density at radius 1 is 1.15 bits per heavy atom. The molecule has 8 nitrogen and oxygen atoms in total. The van der Waals surface area contributed by atoms with E-state index in [1.54, 1.807) is 30.3 Å². The second-order valence-corrected chi connectivity index (χ2v) is 8.68. The van der Waals surface area contributed by atoms with Crippen molar-refractivity contribution < 1.29 is 19.0 Å². The summed E-state index contributed by atoms with van der Waals surface area (Å²) in [5.41, 5.74) is 0.522. The van der Waals surface area contributed by atoms with Crippen LogP contribution in [0.5, 0.6) is 17.2 Å². The average Bonchev–Trinajstić information content (AvgIpc) is 3.30. The molecular formula is C24H23ClN4O4S. The van der Waals surface area contributed by atoms with E-state index in [0.29, 0.717) is 33.0 Å². The number of anilines is 1. The summed E-state index contributed by atoms with van der Waals surface area (Å²) in [6, 6.07) is 14.2. The standard InChI is InChI=1S/C24H23ClN4O4S/c1-15(2)23-28-29-24(34-23)27-22(30)17(14-26)12-16-8-9-20(21(13-16)31-3)33-11-10-32-19-7-5-4-6-18(19)25/h4-9,12-13,15H,10-11H2,1-3H3,(H,27,29,30)/b17-12-. The number of methoxy groups -OCH3 is 1. The van der Waals surface area contributed by atoms with Gasteiger partial charge in [0.1, 0.15) is 35.6 Å². The molecule has 1 amide bonds. The van der Waals surface area contributed by atoms with E-state index in [1.807, 2.05) is 32.0 Å². The molecule has 10 heteroatoms. The zero-order valence-corrected chi connectivity index (χ0v) is 20.4. The summed E-state index contributed by atoms with van der Waals surface area (Å²) in [6.07, 6.45) is 1.46. The molecule has 1 N–H and O–H groups in total. The first-order chi connectivity index (χ1) is 16.4. The smallest absolute Gasteiger partial charge is 0.268 e. The maximum atomic E-state index is 12.5. The predicted octanol–water partition coefficient (Wildman–Crippen LogP) is 5.33. The summed E-state index contributed by atoms with van der Waals surface area (Å²) in [5.74, 6) is 1.17. The molecule has 0 aliphatic heterocycles. The quantitative estimate of drug-likeness (QED) is 0.229. The Kier molecular flexibility index (Phi) is 8.85. The summed E-state index contributed by atoms with van der Waals surface area (Å²) in [6.45, 7) is 4.53. The molecule has 2 aromatic carbocycles. The SMILES string of the molecule is COc1cc(/C=C(/C#N)C(=O)Nc2nnc(C(C)C)s2)ccc1OCCOc1ccccc1Cl. The summed E-state index contributed by atoms with van der Waals surface area (Å²) >= 11 is 7.35. The van der Waals surface area contributed by atoms with Crippen LogP contribution in [0, 0.1) is 11.3 Å². The fourth-order valence-electron chi connectivity index (χ4n) is 2.76. The van der Waals surface area contributed by atoms with E-state index in [2.05, 4.69) is 15.5 Å². The van der Waals surface area contributed by atoms with Crippen LogP contribution in [-0.4, -0.2) is 36.4 Å². The minimum Gasteiger partial charge on any atom is -0.493 e. The molecule has 0 atom stereocenters. The van der Waals surface area contributed by atoms with E-state index in [1.165, 1.54) is 24.5 Å². The highest BCUT2D eigenvalue weighted by atomic mass is 35.5. The molecule has 1 heterocycles. The number of rotatable bonds is 10. The first-order valence-electron chi connectivity index (χ1n) is 10.4. The van der Waals surface area contributed by atoms with Crippen LogP contribution in [-0.2, 0) is 4.79 Å². The van der Waals surface area contributed by atoms with E-state index >= 15 is 0 Å². The average molecular weight is 499 g/mol. The van der Waals surface area contributed by atoms with Gasteiger partial charge in [0.2, 0.25) is 5.13 Å². The monoisotopic (exact) mass is 498 g/mol. The molecule has 0 saturated heterocycles. The fraction of sp³-hybridized carbons (Fsp3) is 0.250. The number of amides is 1. The minimum atomic E-state index is -0.565. The molecule has 0 saturated carbocycles. The van der Waals surface area contributed by atoms with Crippen LogP contribution in [0.25, 0.3) is 6.08 Å². The van der Waals surface area contributed by atoms with Crippen molar-refractivity contribution in [3.8, 4) is 23.3 Å². The number of para-hydroxylation sites is 1. The highest BCUT2D eigenvalue weighted by molar-refractivity contribution is 7.15. The largest absolute Gasteiger partial charge is 0.493 e. The van der Waals surface area contributed by atoms with Gasteiger partial charge in [0.15, 0.2) is 11.5 Å². The van der Waals surface area contributed by atoms with Crippen molar-refractivity contribution in [2.24, 2.45) is 0 Å². The number of nitriles is 1. The first kappa shape index (κ1) is 25.0. The van der Waals surface area contributed by atoms with E-state index in [4.69, 9.17) is 25.8 Å². The lowest BCUT2D eigenvalue weighted by Gasteiger charge is -2.12. The number of carbonyl (C=O) groups is 1. The van der Waals surface area contributed by atoms with Crippen LogP contribution < -0.4 is 19.5 Å². The Balaban J connectivity index is 1.63. The van der Waals surface area contributed by atoms with Gasteiger partial charge in [-0.3, -0.25) is 10.1 Å². The second kappa shape index (κ2) is 12.0. The lowest BCUT2D eigenvalue weighted by molar-refractivity contribution is -0.112. The normalized spacial score (nSPS) is 11.1. The van der Waals surface area contributed by atoms with Crippen molar-refractivity contribution in [1.29, 1.82) is 5.26 Å². The van der Waals surface area contributed by atoms with E-state index in [9.17, 15) is 10.1 Å². The number of nitrogens with zero attached hydrogens (tertiary/aromatic N) is 3. The van der Waals surface area contributed by atoms with E-state index < -0.39 is 5.91 Å². The van der Waals surface area contributed by atoms with Crippen LogP contribution in [0.1, 0.15) is 30.3 Å². The molecule has 0 radical (unpaired) electrons. The fourth-order valence-corrected chi connectivity index (χ4v) is 3.69. The lowest BCUT2D eigenvalue weighted by Crippen LogP contribution is -2.13. The van der Waals surface area contributed by atoms with Gasteiger partial charge in [-0.2, -0.15) is 5.26 Å². The maximum Gasteiger partial charge on any atom is 0.268 e. The zero-order chi connectivity index (χ0) is 24.5. The van der Waals surface area contributed by atoms with Gasteiger partial charge in [-0.1, -0.05) is 55.0 Å². The summed E-state index contributed by atoms with van der Waals surface area (Å²) in [5, 5.41) is 21.7. The Morgan fingerprint density at radius 3 is 2.53 bits per heavy atom. The van der Waals surface area contributed by atoms with Gasteiger partial charge < -0.3 is 14.2 Å². The molecule has 1 aromatic heterocycles. The number of carbonyl (C=O) groups excluding carboxylic acids is 1. The van der Waals surface area contributed by atoms with Gasteiger partial charge in [-0.15, -0.1) is 10.2 Å². The topological polar surface area (TPSA) is 106 Å². The van der Waals surface area contributed by atoms with Gasteiger partial charge in [0, 0.05) is 5.92 Å². The van der Waals surface area contributed by atoms with Crippen molar-refractivity contribution in [3.05, 3.63) is 63.6 Å². The lowest BCUT2D eigenvalue weighted by atomic mass is 10.1. The van der Waals surface area contributed by atoms with Gasteiger partial charge in [-0.25, -0.2) is 0 Å². The van der Waals surface area contributed by atoms with Crippen LogP contribution in [0.15, 0.2) is 48.0 Å². The van der Waals surface area contributed by atoms with Gasteiger partial charge >= 0.3 is 0 Å². The highest BCUT2D eigenvalue weighted by Crippen LogP contribution is 2.29. The molecule has 176 valence electrons. The highest BCUT2D eigenvalue weighted by Gasteiger charge is 2.15. The summed E-state index contributed by atoms with van der Waals surface area (Å²) in [7, 11) is 1.51. The molecule has 0 fully saturated rings. The van der Waals surface area contributed by atoms with Crippen LogP contribution in [0.3, 0.4) is 0 Å². The van der Waals surface area contributed by atoms with Crippen molar-refractivity contribution in [2.45, 2.75) is 19.8 Å². The van der Waals surface area contributed by atoms with Crippen molar-refractivity contribution in [1.82, 2.24) is 10.2 Å². The third kappa shape index (κ3) is 6.70. The van der Waals surface area contributed by atoms with Crippen LogP contribution in [0.4, 0.5) is 5.13 Å². The minimum absolute atomic E-state index is 0.0786. The Hall–Kier alpha value is -3.61. The molecular weight excluding hydrogens is 476 g/mol. The Morgan fingerprint density at radius 2 is 1.88 bits per heavy atom. The molecule has 0 bridgehead atoms. The molecule has 0 unspecified atom stereocenters. The Bertz CT molecular complexity index is 1220. The molecule has 0 aliphatic rings. The zero-order valence-electron chi connectivity index (χ0n) is 18.9. The van der Waals surface area contributed by atoms with Crippen LogP contribution >= 0.6 is 22.9 Å². The number of halogens is 1. The van der Waals surface area contributed by atoms with Gasteiger partial charge in [-0.05, 0) is 35.9 Å². The first-order valence-corrected chi connectivity index (χ1v) is 11.6. The van der Waals surface area contributed by atoms with E-state index in [-0.39, 0.29) is 24.7 Å². The Labute approximate surface area is 206 Å². The number of aromatic nitrogens is 2. The number of nitrogens with one attached hydrogen (secondary N) is 1. The molecule has 3 rings (SSSR count). The predicted molar refractivity (Wildman–Crippen MR) is 132 cm³/mol. The number of hydrogen-bond donors (Lipinski definition) is 1. The van der Waals surface area contributed by atoms with Crippen molar-refractivity contribution in [2.75, 3.05) is 25.6 Å². The van der Waals surface area contributed by atoms with Crippen molar-refractivity contribution in [3.63, 3.8) is 0 Å². The molecule has 0 spiro atoms. The molecule has 34 heavy (non-hydrogen) atoms. The summed E-state index contributed by atoms with van der Waals surface area (Å²) < 4.78 is 16.8. The molecule has 3 aromatic rings. The van der Waals surface area contributed by atoms with Gasteiger partial charge in [0.25, 0.3) is 5.91 Å².